The summed E-state index contributed by atoms with van der Waals surface area (Å²) in [5.41, 5.74) is 1.40. The zero-order valence-corrected chi connectivity index (χ0v) is 10.0. The van der Waals surface area contributed by atoms with Crippen molar-refractivity contribution in [2.75, 3.05) is 0 Å². The molecule has 2 aromatic rings. The van der Waals surface area contributed by atoms with E-state index in [1.807, 2.05) is 0 Å². The van der Waals surface area contributed by atoms with Gasteiger partial charge in [0.15, 0.2) is 0 Å². The van der Waals surface area contributed by atoms with Crippen LogP contribution in [0.5, 0.6) is 0 Å². The van der Waals surface area contributed by atoms with Crippen LogP contribution in [0.1, 0.15) is 23.8 Å². The zero-order chi connectivity index (χ0) is 10.4. The minimum Gasteiger partial charge on any atom is -0.225 e. The van der Waals surface area contributed by atoms with Gasteiger partial charge < -0.3 is 0 Å². The Labute approximate surface area is 97.3 Å². The second-order valence-electron chi connectivity index (χ2n) is 4.20. The fraction of sp³-hybridized carbons (Fsp3) is 0.455. The first-order chi connectivity index (χ1) is 7.25. The Balaban J connectivity index is 2.29. The third kappa shape index (κ3) is 1.45. The van der Waals surface area contributed by atoms with E-state index >= 15 is 0 Å². The largest absolute Gasteiger partial charge is 0.225 e. The monoisotopic (exact) mass is 238 g/mol. The molecule has 1 aliphatic carbocycles. The first-order valence-electron chi connectivity index (χ1n) is 5.16. The highest BCUT2D eigenvalue weighted by Gasteiger charge is 2.22. The minimum absolute atomic E-state index is 0.618. The zero-order valence-electron chi connectivity index (χ0n) is 8.46. The van der Waals surface area contributed by atoms with E-state index < -0.39 is 0 Å². The Morgan fingerprint density at radius 2 is 2.33 bits per heavy atom. The number of aromatic nitrogens is 2. The summed E-state index contributed by atoms with van der Waals surface area (Å²) in [5.74, 6) is 0.789. The van der Waals surface area contributed by atoms with Gasteiger partial charge in [-0.15, -0.1) is 11.3 Å². The molecule has 4 heteroatoms. The van der Waals surface area contributed by atoms with Crippen LogP contribution < -0.4 is 0 Å². The second kappa shape index (κ2) is 3.42. The number of fused-ring (bicyclic) bond motifs is 3. The van der Waals surface area contributed by atoms with Crippen LogP contribution in [0.2, 0.25) is 5.15 Å². The lowest BCUT2D eigenvalue weighted by atomic mass is 9.89. The topological polar surface area (TPSA) is 25.8 Å². The van der Waals surface area contributed by atoms with Gasteiger partial charge in [-0.3, -0.25) is 0 Å². The molecular weight excluding hydrogens is 228 g/mol. The summed E-state index contributed by atoms with van der Waals surface area (Å²) in [4.78, 5) is 10.9. The van der Waals surface area contributed by atoms with Crippen molar-refractivity contribution in [2.24, 2.45) is 5.92 Å². The number of rotatable bonds is 0. The molecule has 3 rings (SSSR count). The highest BCUT2D eigenvalue weighted by atomic mass is 35.5. The molecule has 0 aromatic carbocycles. The summed E-state index contributed by atoms with van der Waals surface area (Å²) in [5, 5.41) is 1.72. The first-order valence-corrected chi connectivity index (χ1v) is 6.36. The molecule has 0 aliphatic heterocycles. The predicted octanol–water partition coefficient (Wildman–Crippen LogP) is 3.47. The third-order valence-corrected chi connectivity index (χ3v) is 4.49. The van der Waals surface area contributed by atoms with Gasteiger partial charge in [-0.25, -0.2) is 9.97 Å². The maximum atomic E-state index is 6.13. The Morgan fingerprint density at radius 3 is 3.20 bits per heavy atom. The van der Waals surface area contributed by atoms with Crippen LogP contribution in [0, 0.1) is 5.92 Å². The highest BCUT2D eigenvalue weighted by molar-refractivity contribution is 7.19. The second-order valence-corrected chi connectivity index (χ2v) is 5.64. The van der Waals surface area contributed by atoms with E-state index in [1.54, 1.807) is 17.7 Å². The van der Waals surface area contributed by atoms with Gasteiger partial charge in [0.25, 0.3) is 0 Å². The number of thiophene rings is 1. The maximum Gasteiger partial charge on any atom is 0.141 e. The molecule has 15 heavy (non-hydrogen) atoms. The Bertz CT molecular complexity index is 521. The first kappa shape index (κ1) is 9.55. The van der Waals surface area contributed by atoms with E-state index in [4.69, 9.17) is 11.6 Å². The lowest BCUT2D eigenvalue weighted by Gasteiger charge is -2.17. The van der Waals surface area contributed by atoms with Crippen molar-refractivity contribution >= 4 is 33.2 Å². The summed E-state index contributed by atoms with van der Waals surface area (Å²) < 4.78 is 0. The Kier molecular flexibility index (Phi) is 2.18. The van der Waals surface area contributed by atoms with Crippen LogP contribution in [0.25, 0.3) is 10.2 Å². The van der Waals surface area contributed by atoms with Crippen molar-refractivity contribution in [3.8, 4) is 0 Å². The van der Waals surface area contributed by atoms with Crippen LogP contribution in [0.4, 0.5) is 0 Å². The highest BCUT2D eigenvalue weighted by Crippen LogP contribution is 2.39. The number of hydrogen-bond acceptors (Lipinski definition) is 3. The summed E-state index contributed by atoms with van der Waals surface area (Å²) in [6.07, 6.45) is 5.11. The summed E-state index contributed by atoms with van der Waals surface area (Å²) in [7, 11) is 0. The van der Waals surface area contributed by atoms with Crippen LogP contribution in [0.15, 0.2) is 6.33 Å². The van der Waals surface area contributed by atoms with Gasteiger partial charge in [-0.1, -0.05) is 18.5 Å². The minimum atomic E-state index is 0.618. The van der Waals surface area contributed by atoms with Crippen LogP contribution in [0.3, 0.4) is 0 Å². The van der Waals surface area contributed by atoms with E-state index in [0.29, 0.717) is 5.15 Å². The molecule has 0 bridgehead atoms. The van der Waals surface area contributed by atoms with Crippen molar-refractivity contribution in [2.45, 2.75) is 26.2 Å². The quantitative estimate of drug-likeness (QED) is 0.657. The standard InChI is InChI=1S/C11H11ClN2S/c1-6-2-3-7-8(4-6)15-11-9(7)10(12)13-5-14-11/h5-6H,2-4H2,1H3/t6-/m0/s1. The lowest BCUT2D eigenvalue weighted by Crippen LogP contribution is -2.08. The Morgan fingerprint density at radius 1 is 1.47 bits per heavy atom. The maximum absolute atomic E-state index is 6.13. The molecule has 0 spiro atoms. The average molecular weight is 239 g/mol. The molecule has 0 saturated carbocycles. The molecule has 1 aliphatic rings. The molecule has 1 atom stereocenters. The SMILES string of the molecule is C[C@H]1CCc2c(sc3ncnc(Cl)c23)C1. The third-order valence-electron chi connectivity index (χ3n) is 3.05. The van der Waals surface area contributed by atoms with Crippen LogP contribution in [-0.2, 0) is 12.8 Å². The van der Waals surface area contributed by atoms with Crippen LogP contribution in [-0.4, -0.2) is 9.97 Å². The predicted molar refractivity (Wildman–Crippen MR) is 63.6 cm³/mol. The van der Waals surface area contributed by atoms with Gasteiger partial charge in [0.05, 0.1) is 5.39 Å². The average Bonchev–Trinajstić information content (AvgIpc) is 2.56. The van der Waals surface area contributed by atoms with E-state index in [-0.39, 0.29) is 0 Å². The fourth-order valence-corrected chi connectivity index (χ4v) is 3.89. The van der Waals surface area contributed by atoms with Gasteiger partial charge >= 0.3 is 0 Å². The number of halogens is 1. The molecule has 78 valence electrons. The number of hydrogen-bond donors (Lipinski definition) is 0. The van der Waals surface area contributed by atoms with Crippen molar-refractivity contribution in [1.82, 2.24) is 9.97 Å². The molecule has 2 heterocycles. The van der Waals surface area contributed by atoms with E-state index in [0.717, 1.165) is 22.6 Å². The molecular formula is C11H11ClN2S. The molecule has 2 nitrogen and oxygen atoms in total. The van der Waals surface area contributed by atoms with Crippen molar-refractivity contribution in [1.29, 1.82) is 0 Å². The van der Waals surface area contributed by atoms with Crippen LogP contribution >= 0.6 is 22.9 Å². The van der Waals surface area contributed by atoms with Gasteiger partial charge in [-0.2, -0.15) is 0 Å². The van der Waals surface area contributed by atoms with Gasteiger partial charge in [0.2, 0.25) is 0 Å². The van der Waals surface area contributed by atoms with Gasteiger partial charge in [0, 0.05) is 4.88 Å². The normalized spacial score (nSPS) is 20.5. The van der Waals surface area contributed by atoms with Crippen molar-refractivity contribution < 1.29 is 0 Å². The molecule has 0 fully saturated rings. The molecule has 0 amide bonds. The van der Waals surface area contributed by atoms with E-state index in [1.165, 1.54) is 23.3 Å². The van der Waals surface area contributed by atoms with Gasteiger partial charge in [-0.05, 0) is 30.7 Å². The number of nitrogens with zero attached hydrogens (tertiary/aromatic N) is 2. The Hall–Kier alpha value is -0.670. The van der Waals surface area contributed by atoms with E-state index in [2.05, 4.69) is 16.9 Å². The summed E-state index contributed by atoms with van der Waals surface area (Å²) >= 11 is 7.91. The number of aryl methyl sites for hydroxylation is 1. The van der Waals surface area contributed by atoms with E-state index in [9.17, 15) is 0 Å². The van der Waals surface area contributed by atoms with Crippen molar-refractivity contribution in [3.63, 3.8) is 0 Å². The summed E-state index contributed by atoms with van der Waals surface area (Å²) in [6.45, 7) is 2.31. The molecule has 0 radical (unpaired) electrons. The molecule has 2 aromatic heterocycles. The van der Waals surface area contributed by atoms with Crippen molar-refractivity contribution in [3.05, 3.63) is 21.9 Å². The fourth-order valence-electron chi connectivity index (χ4n) is 2.24. The molecule has 0 saturated heterocycles. The van der Waals surface area contributed by atoms with Gasteiger partial charge in [0.1, 0.15) is 16.3 Å². The summed E-state index contributed by atoms with van der Waals surface area (Å²) in [6, 6.07) is 0. The lowest BCUT2D eigenvalue weighted by molar-refractivity contribution is 0.509. The molecule has 0 N–H and O–H groups in total. The smallest absolute Gasteiger partial charge is 0.141 e. The molecule has 0 unspecified atom stereocenters.